The number of carbonyl (C=O) groups excluding carboxylic acids is 1. The highest BCUT2D eigenvalue weighted by Gasteiger charge is 2.21. The second-order valence-electron chi connectivity index (χ2n) is 4.50. The molecule has 104 valence electrons. The average molecular weight is 304 g/mol. The first-order valence-corrected chi connectivity index (χ1v) is 6.75. The molecule has 0 atom stereocenters. The van der Waals surface area contributed by atoms with E-state index in [1.54, 1.807) is 0 Å². The Morgan fingerprint density at radius 1 is 1.47 bits per heavy atom. The molecule has 2 rings (SSSR count). The standard InChI is InChI=1S/C11H15Cl2N5O/c12-8-5-15-11(13)17-10(8)16-7-1-3-18(4-2-7)6-9(14)19/h5,7H,1-4,6H2,(H2,14,19)(H,15,16,17). The lowest BCUT2D eigenvalue weighted by Crippen LogP contribution is -2.43. The summed E-state index contributed by atoms with van der Waals surface area (Å²) in [5.41, 5.74) is 5.17. The molecule has 6 nitrogen and oxygen atoms in total. The van der Waals surface area contributed by atoms with Gasteiger partial charge >= 0.3 is 0 Å². The molecule has 0 unspecified atom stereocenters. The van der Waals surface area contributed by atoms with Crippen molar-refractivity contribution in [2.45, 2.75) is 18.9 Å². The monoisotopic (exact) mass is 303 g/mol. The highest BCUT2D eigenvalue weighted by Crippen LogP contribution is 2.22. The molecular formula is C11H15Cl2N5O. The summed E-state index contributed by atoms with van der Waals surface area (Å²) in [6.45, 7) is 1.95. The van der Waals surface area contributed by atoms with Crippen molar-refractivity contribution < 1.29 is 4.79 Å². The number of carbonyl (C=O) groups is 1. The van der Waals surface area contributed by atoms with E-state index in [9.17, 15) is 4.79 Å². The van der Waals surface area contributed by atoms with Crippen LogP contribution in [0.15, 0.2) is 6.20 Å². The van der Waals surface area contributed by atoms with Crippen LogP contribution in [-0.4, -0.2) is 46.5 Å². The molecule has 1 aromatic rings. The number of amides is 1. The molecule has 1 aromatic heterocycles. The van der Waals surface area contributed by atoms with E-state index < -0.39 is 0 Å². The number of halogens is 2. The molecule has 0 spiro atoms. The summed E-state index contributed by atoms with van der Waals surface area (Å²) in [6, 6.07) is 0.257. The minimum Gasteiger partial charge on any atom is -0.369 e. The van der Waals surface area contributed by atoms with Crippen LogP contribution in [0.1, 0.15) is 12.8 Å². The quantitative estimate of drug-likeness (QED) is 0.815. The SMILES string of the molecule is NC(=O)CN1CCC(Nc2nc(Cl)ncc2Cl)CC1. The van der Waals surface area contributed by atoms with Crippen molar-refractivity contribution in [1.82, 2.24) is 14.9 Å². The minimum absolute atomic E-state index is 0.165. The Hall–Kier alpha value is -1.11. The van der Waals surface area contributed by atoms with Crippen molar-refractivity contribution in [3.63, 3.8) is 0 Å². The fraction of sp³-hybridized carbons (Fsp3) is 0.545. The number of nitrogens with two attached hydrogens (primary N) is 1. The number of anilines is 1. The van der Waals surface area contributed by atoms with Gasteiger partial charge < -0.3 is 11.1 Å². The van der Waals surface area contributed by atoms with Gasteiger partial charge in [0.1, 0.15) is 10.8 Å². The van der Waals surface area contributed by atoms with Gasteiger partial charge in [-0.05, 0) is 24.4 Å². The van der Waals surface area contributed by atoms with Crippen LogP contribution in [0.25, 0.3) is 0 Å². The maximum absolute atomic E-state index is 10.8. The number of aromatic nitrogens is 2. The molecule has 0 aromatic carbocycles. The Kier molecular flexibility index (Phi) is 4.79. The van der Waals surface area contributed by atoms with Gasteiger partial charge in [-0.2, -0.15) is 4.98 Å². The first-order chi connectivity index (χ1) is 9.04. The van der Waals surface area contributed by atoms with Crippen LogP contribution >= 0.6 is 23.2 Å². The van der Waals surface area contributed by atoms with Crippen LogP contribution in [0.5, 0.6) is 0 Å². The molecule has 2 heterocycles. The number of likely N-dealkylation sites (tertiary alicyclic amines) is 1. The third-order valence-electron chi connectivity index (χ3n) is 3.02. The second kappa shape index (κ2) is 6.36. The van der Waals surface area contributed by atoms with E-state index in [2.05, 4.69) is 15.3 Å². The summed E-state index contributed by atoms with van der Waals surface area (Å²) in [4.78, 5) is 20.7. The zero-order valence-corrected chi connectivity index (χ0v) is 11.8. The van der Waals surface area contributed by atoms with Crippen molar-refractivity contribution in [1.29, 1.82) is 0 Å². The molecular weight excluding hydrogens is 289 g/mol. The van der Waals surface area contributed by atoms with Gasteiger partial charge in [-0.1, -0.05) is 11.6 Å². The van der Waals surface area contributed by atoms with Crippen molar-refractivity contribution >= 4 is 34.9 Å². The van der Waals surface area contributed by atoms with Crippen LogP contribution in [0.2, 0.25) is 10.3 Å². The molecule has 0 radical (unpaired) electrons. The molecule has 1 amide bonds. The number of nitrogens with zero attached hydrogens (tertiary/aromatic N) is 3. The Morgan fingerprint density at radius 3 is 2.79 bits per heavy atom. The third kappa shape index (κ3) is 4.19. The van der Waals surface area contributed by atoms with Gasteiger partial charge in [0.2, 0.25) is 11.2 Å². The number of nitrogens with one attached hydrogen (secondary N) is 1. The Balaban J connectivity index is 1.88. The van der Waals surface area contributed by atoms with Gasteiger partial charge in [-0.15, -0.1) is 0 Å². The molecule has 19 heavy (non-hydrogen) atoms. The molecule has 0 aliphatic carbocycles. The zero-order chi connectivity index (χ0) is 13.8. The maximum atomic E-state index is 10.8. The zero-order valence-electron chi connectivity index (χ0n) is 10.3. The number of rotatable bonds is 4. The van der Waals surface area contributed by atoms with Crippen LogP contribution in [0.4, 0.5) is 5.82 Å². The number of piperidine rings is 1. The molecule has 1 aliphatic heterocycles. The van der Waals surface area contributed by atoms with E-state index in [1.165, 1.54) is 6.20 Å². The number of hydrogen-bond acceptors (Lipinski definition) is 5. The Labute approximate surface area is 121 Å². The topological polar surface area (TPSA) is 84.1 Å². The highest BCUT2D eigenvalue weighted by molar-refractivity contribution is 6.33. The first kappa shape index (κ1) is 14.3. The fourth-order valence-corrected chi connectivity index (χ4v) is 2.37. The second-order valence-corrected chi connectivity index (χ2v) is 5.24. The highest BCUT2D eigenvalue weighted by atomic mass is 35.5. The third-order valence-corrected chi connectivity index (χ3v) is 3.48. The fourth-order valence-electron chi connectivity index (χ4n) is 2.10. The normalized spacial score (nSPS) is 17.4. The van der Waals surface area contributed by atoms with Crippen LogP contribution in [0, 0.1) is 0 Å². The van der Waals surface area contributed by atoms with Crippen LogP contribution in [0.3, 0.4) is 0 Å². The van der Waals surface area contributed by atoms with E-state index in [1.807, 2.05) is 4.90 Å². The minimum atomic E-state index is -0.294. The van der Waals surface area contributed by atoms with E-state index in [0.29, 0.717) is 17.4 Å². The lowest BCUT2D eigenvalue weighted by Gasteiger charge is -2.31. The van der Waals surface area contributed by atoms with E-state index >= 15 is 0 Å². The smallest absolute Gasteiger partial charge is 0.231 e. The summed E-state index contributed by atoms with van der Waals surface area (Å²) in [6.07, 6.45) is 3.26. The number of hydrogen-bond donors (Lipinski definition) is 2. The summed E-state index contributed by atoms with van der Waals surface area (Å²) in [7, 11) is 0. The molecule has 0 saturated carbocycles. The van der Waals surface area contributed by atoms with Crippen LogP contribution < -0.4 is 11.1 Å². The van der Waals surface area contributed by atoms with Crippen molar-refractivity contribution in [3.05, 3.63) is 16.5 Å². The lowest BCUT2D eigenvalue weighted by molar-refractivity contribution is -0.119. The Morgan fingerprint density at radius 2 is 2.16 bits per heavy atom. The van der Waals surface area contributed by atoms with Crippen LogP contribution in [-0.2, 0) is 4.79 Å². The van der Waals surface area contributed by atoms with Gasteiger partial charge in [0, 0.05) is 19.1 Å². The van der Waals surface area contributed by atoms with Crippen molar-refractivity contribution in [2.75, 3.05) is 25.0 Å². The maximum Gasteiger partial charge on any atom is 0.231 e. The average Bonchev–Trinajstić information content (AvgIpc) is 2.35. The lowest BCUT2D eigenvalue weighted by atomic mass is 10.1. The van der Waals surface area contributed by atoms with Gasteiger partial charge in [0.05, 0.1) is 12.7 Å². The molecule has 3 N–H and O–H groups in total. The molecule has 1 saturated heterocycles. The Bertz CT molecular complexity index is 462. The summed E-state index contributed by atoms with van der Waals surface area (Å²) >= 11 is 11.7. The van der Waals surface area contributed by atoms with Gasteiger partial charge in [-0.25, -0.2) is 4.98 Å². The van der Waals surface area contributed by atoms with E-state index in [-0.39, 0.29) is 17.2 Å². The molecule has 8 heteroatoms. The van der Waals surface area contributed by atoms with E-state index in [0.717, 1.165) is 25.9 Å². The molecule has 1 fully saturated rings. The predicted molar refractivity (Wildman–Crippen MR) is 74.3 cm³/mol. The molecule has 1 aliphatic rings. The largest absolute Gasteiger partial charge is 0.369 e. The summed E-state index contributed by atoms with van der Waals surface area (Å²) in [5.74, 6) is 0.257. The van der Waals surface area contributed by atoms with Crippen molar-refractivity contribution in [2.24, 2.45) is 5.73 Å². The van der Waals surface area contributed by atoms with Gasteiger partial charge in [0.25, 0.3) is 0 Å². The molecule has 0 bridgehead atoms. The predicted octanol–water partition coefficient (Wildman–Crippen LogP) is 1.15. The number of primary amides is 1. The summed E-state index contributed by atoms with van der Waals surface area (Å²) < 4.78 is 0. The van der Waals surface area contributed by atoms with Crippen molar-refractivity contribution in [3.8, 4) is 0 Å². The van der Waals surface area contributed by atoms with E-state index in [4.69, 9.17) is 28.9 Å². The first-order valence-electron chi connectivity index (χ1n) is 6.00. The van der Waals surface area contributed by atoms with Gasteiger partial charge in [0.15, 0.2) is 0 Å². The van der Waals surface area contributed by atoms with Gasteiger partial charge in [-0.3, -0.25) is 9.69 Å². The summed E-state index contributed by atoms with van der Waals surface area (Å²) in [5, 5.41) is 3.87.